The smallest absolute Gasteiger partial charge is 0.152 e. The third-order valence-electron chi connectivity index (χ3n) is 3.77. The Balaban J connectivity index is 1.94. The second kappa shape index (κ2) is 4.15. The van der Waals surface area contributed by atoms with Gasteiger partial charge in [0.15, 0.2) is 5.58 Å². The Hall–Kier alpha value is -1.35. The number of aromatic nitrogens is 1. The van der Waals surface area contributed by atoms with Crippen LogP contribution in [0, 0.1) is 12.8 Å². The van der Waals surface area contributed by atoms with E-state index in [1.54, 1.807) is 0 Å². The van der Waals surface area contributed by atoms with Crippen molar-refractivity contribution in [3.05, 3.63) is 29.7 Å². The van der Waals surface area contributed by atoms with Crippen LogP contribution < -0.4 is 5.73 Å². The van der Waals surface area contributed by atoms with Crippen molar-refractivity contribution >= 4 is 11.1 Å². The van der Waals surface area contributed by atoms with Gasteiger partial charge in [-0.25, -0.2) is 4.98 Å². The summed E-state index contributed by atoms with van der Waals surface area (Å²) in [5.41, 5.74) is 9.06. The van der Waals surface area contributed by atoms with Gasteiger partial charge in [-0.2, -0.15) is 0 Å². The molecule has 0 aliphatic heterocycles. The van der Waals surface area contributed by atoms with Gasteiger partial charge in [0.1, 0.15) is 11.3 Å². The molecule has 0 saturated heterocycles. The van der Waals surface area contributed by atoms with Gasteiger partial charge in [-0.05, 0) is 37.8 Å². The molecule has 2 aromatic heterocycles. The molecule has 1 fully saturated rings. The standard InChI is InChI=1S/C14H18N2O/c1-9-6-7-12-11(16-9)8-13(17-12)14(15)10-4-2-3-5-10/h6-8,10,14H,2-5,15H2,1H3. The SMILES string of the molecule is Cc1ccc2oc(C(N)C3CCCC3)cc2n1. The summed E-state index contributed by atoms with van der Waals surface area (Å²) in [4.78, 5) is 4.46. The van der Waals surface area contributed by atoms with Crippen LogP contribution in [-0.4, -0.2) is 4.98 Å². The third-order valence-corrected chi connectivity index (χ3v) is 3.77. The van der Waals surface area contributed by atoms with Crippen LogP contribution in [0.4, 0.5) is 0 Å². The van der Waals surface area contributed by atoms with Crippen LogP contribution in [0.15, 0.2) is 22.6 Å². The molecule has 0 spiro atoms. The Kier molecular flexibility index (Phi) is 2.63. The van der Waals surface area contributed by atoms with E-state index >= 15 is 0 Å². The predicted molar refractivity (Wildman–Crippen MR) is 67.6 cm³/mol. The average Bonchev–Trinajstić information content (AvgIpc) is 2.96. The van der Waals surface area contributed by atoms with Crippen molar-refractivity contribution in [1.82, 2.24) is 4.98 Å². The van der Waals surface area contributed by atoms with E-state index in [1.807, 2.05) is 25.1 Å². The second-order valence-corrected chi connectivity index (χ2v) is 5.06. The summed E-state index contributed by atoms with van der Waals surface area (Å²) in [6.45, 7) is 1.99. The molecule has 0 bridgehead atoms. The average molecular weight is 230 g/mol. The molecule has 2 N–H and O–H groups in total. The summed E-state index contributed by atoms with van der Waals surface area (Å²) in [5.74, 6) is 1.47. The fourth-order valence-electron chi connectivity index (χ4n) is 2.76. The van der Waals surface area contributed by atoms with E-state index < -0.39 is 0 Å². The molecule has 2 heterocycles. The molecular formula is C14H18N2O. The Bertz CT molecular complexity index is 526. The minimum Gasteiger partial charge on any atom is -0.458 e. The van der Waals surface area contributed by atoms with Crippen LogP contribution in [0.3, 0.4) is 0 Å². The highest BCUT2D eigenvalue weighted by molar-refractivity contribution is 5.73. The van der Waals surface area contributed by atoms with Crippen molar-refractivity contribution in [2.24, 2.45) is 11.7 Å². The number of fused-ring (bicyclic) bond motifs is 1. The summed E-state index contributed by atoms with van der Waals surface area (Å²) < 4.78 is 5.81. The molecule has 1 unspecified atom stereocenters. The summed E-state index contributed by atoms with van der Waals surface area (Å²) in [6.07, 6.45) is 5.06. The maximum Gasteiger partial charge on any atom is 0.152 e. The van der Waals surface area contributed by atoms with Gasteiger partial charge in [0.05, 0.1) is 6.04 Å². The Morgan fingerprint density at radius 1 is 1.35 bits per heavy atom. The largest absolute Gasteiger partial charge is 0.458 e. The lowest BCUT2D eigenvalue weighted by atomic mass is 9.97. The molecular weight excluding hydrogens is 212 g/mol. The molecule has 0 radical (unpaired) electrons. The highest BCUT2D eigenvalue weighted by atomic mass is 16.3. The van der Waals surface area contributed by atoms with E-state index in [1.165, 1.54) is 25.7 Å². The second-order valence-electron chi connectivity index (χ2n) is 5.06. The Morgan fingerprint density at radius 2 is 2.12 bits per heavy atom. The van der Waals surface area contributed by atoms with Crippen LogP contribution in [-0.2, 0) is 0 Å². The van der Waals surface area contributed by atoms with E-state index in [9.17, 15) is 0 Å². The van der Waals surface area contributed by atoms with Crippen molar-refractivity contribution in [3.8, 4) is 0 Å². The molecule has 1 aliphatic carbocycles. The lowest BCUT2D eigenvalue weighted by molar-refractivity contribution is 0.380. The molecule has 90 valence electrons. The van der Waals surface area contributed by atoms with Gasteiger partial charge in [0, 0.05) is 11.8 Å². The van der Waals surface area contributed by atoms with Crippen LogP contribution in [0.5, 0.6) is 0 Å². The monoisotopic (exact) mass is 230 g/mol. The van der Waals surface area contributed by atoms with E-state index in [2.05, 4.69) is 4.98 Å². The van der Waals surface area contributed by atoms with Crippen molar-refractivity contribution in [3.63, 3.8) is 0 Å². The first-order chi connectivity index (χ1) is 8.24. The minimum absolute atomic E-state index is 0.0343. The van der Waals surface area contributed by atoms with Crippen molar-refractivity contribution in [1.29, 1.82) is 0 Å². The maximum atomic E-state index is 6.28. The highest BCUT2D eigenvalue weighted by Crippen LogP contribution is 2.35. The Morgan fingerprint density at radius 3 is 2.88 bits per heavy atom. The van der Waals surface area contributed by atoms with E-state index in [0.29, 0.717) is 5.92 Å². The molecule has 17 heavy (non-hydrogen) atoms. The summed E-state index contributed by atoms with van der Waals surface area (Å²) in [5, 5.41) is 0. The fraction of sp³-hybridized carbons (Fsp3) is 0.500. The molecule has 1 saturated carbocycles. The van der Waals surface area contributed by atoms with Gasteiger partial charge < -0.3 is 10.2 Å². The van der Waals surface area contributed by atoms with Crippen molar-refractivity contribution in [2.45, 2.75) is 38.6 Å². The van der Waals surface area contributed by atoms with Gasteiger partial charge in [-0.15, -0.1) is 0 Å². The van der Waals surface area contributed by atoms with Crippen LogP contribution >= 0.6 is 0 Å². The maximum absolute atomic E-state index is 6.28. The fourth-order valence-corrected chi connectivity index (χ4v) is 2.76. The van der Waals surface area contributed by atoms with Gasteiger partial charge in [-0.1, -0.05) is 12.8 Å². The number of hydrogen-bond donors (Lipinski definition) is 1. The molecule has 0 aromatic carbocycles. The molecule has 1 atom stereocenters. The highest BCUT2D eigenvalue weighted by Gasteiger charge is 2.25. The Labute approximate surface area is 101 Å². The first-order valence-corrected chi connectivity index (χ1v) is 6.37. The van der Waals surface area contributed by atoms with Crippen molar-refractivity contribution < 1.29 is 4.42 Å². The zero-order valence-corrected chi connectivity index (χ0v) is 10.1. The minimum atomic E-state index is 0.0343. The molecule has 3 rings (SSSR count). The van der Waals surface area contributed by atoms with Gasteiger partial charge >= 0.3 is 0 Å². The van der Waals surface area contributed by atoms with E-state index in [0.717, 1.165) is 22.6 Å². The zero-order chi connectivity index (χ0) is 11.8. The van der Waals surface area contributed by atoms with Crippen LogP contribution in [0.25, 0.3) is 11.1 Å². The van der Waals surface area contributed by atoms with Crippen LogP contribution in [0.1, 0.15) is 43.2 Å². The van der Waals surface area contributed by atoms with E-state index in [-0.39, 0.29) is 6.04 Å². The molecule has 1 aliphatic rings. The number of nitrogens with two attached hydrogens (primary N) is 1. The number of rotatable bonds is 2. The van der Waals surface area contributed by atoms with Gasteiger partial charge in [0.2, 0.25) is 0 Å². The van der Waals surface area contributed by atoms with Gasteiger partial charge in [0.25, 0.3) is 0 Å². The zero-order valence-electron chi connectivity index (χ0n) is 10.1. The normalized spacial score (nSPS) is 18.9. The number of pyridine rings is 1. The van der Waals surface area contributed by atoms with E-state index in [4.69, 9.17) is 10.2 Å². The lowest BCUT2D eigenvalue weighted by Crippen LogP contribution is -2.18. The summed E-state index contributed by atoms with van der Waals surface area (Å²) in [6, 6.07) is 5.98. The molecule has 2 aromatic rings. The summed E-state index contributed by atoms with van der Waals surface area (Å²) in [7, 11) is 0. The molecule has 3 heteroatoms. The van der Waals surface area contributed by atoms with Gasteiger partial charge in [-0.3, -0.25) is 0 Å². The first kappa shape index (κ1) is 10.8. The summed E-state index contributed by atoms with van der Waals surface area (Å²) >= 11 is 0. The van der Waals surface area contributed by atoms with Crippen molar-refractivity contribution in [2.75, 3.05) is 0 Å². The van der Waals surface area contributed by atoms with Crippen LogP contribution in [0.2, 0.25) is 0 Å². The quantitative estimate of drug-likeness (QED) is 0.861. The predicted octanol–water partition coefficient (Wildman–Crippen LogP) is 3.33. The number of aryl methyl sites for hydroxylation is 1. The number of hydrogen-bond acceptors (Lipinski definition) is 3. The number of furan rings is 1. The lowest BCUT2D eigenvalue weighted by Gasteiger charge is -2.15. The first-order valence-electron chi connectivity index (χ1n) is 6.37. The molecule has 3 nitrogen and oxygen atoms in total. The topological polar surface area (TPSA) is 52.0 Å². The molecule has 0 amide bonds. The number of nitrogens with zero attached hydrogens (tertiary/aromatic N) is 1. The third kappa shape index (κ3) is 1.95.